The van der Waals surface area contributed by atoms with Gasteiger partial charge in [-0.05, 0) is 25.7 Å². The van der Waals surface area contributed by atoms with Crippen molar-refractivity contribution in [1.29, 1.82) is 0 Å². The molecule has 0 amide bonds. The molecule has 14 heavy (non-hydrogen) atoms. The first-order valence-electron chi connectivity index (χ1n) is 5.86. The van der Waals surface area contributed by atoms with E-state index >= 15 is 0 Å². The van der Waals surface area contributed by atoms with Gasteiger partial charge in [0.25, 0.3) is 0 Å². The van der Waals surface area contributed by atoms with Gasteiger partial charge in [-0.15, -0.1) is 0 Å². The van der Waals surface area contributed by atoms with Gasteiger partial charge < -0.3 is 10.6 Å². The third-order valence-corrected chi connectivity index (χ3v) is 2.53. The zero-order chi connectivity index (χ0) is 10.4. The number of hydrogen-bond acceptors (Lipinski definition) is 1. The Balaban J connectivity index is 2.39. The van der Waals surface area contributed by atoms with Crippen molar-refractivity contribution in [2.75, 3.05) is 13.1 Å². The van der Waals surface area contributed by atoms with E-state index in [1.165, 1.54) is 25.7 Å². The molecule has 1 aliphatic rings. The summed E-state index contributed by atoms with van der Waals surface area (Å²) in [5.74, 6) is 0.766. The summed E-state index contributed by atoms with van der Waals surface area (Å²) in [6.45, 7) is 6.29. The summed E-state index contributed by atoms with van der Waals surface area (Å²) in [5, 5.41) is 0. The average Bonchev–Trinajstić information content (AvgIpc) is 2.99. The molecule has 1 rings (SSSR count). The molecular weight excluding hydrogens is 174 g/mol. The van der Waals surface area contributed by atoms with Gasteiger partial charge in [-0.2, -0.15) is 0 Å². The lowest BCUT2D eigenvalue weighted by atomic mass is 10.3. The van der Waals surface area contributed by atoms with Crippen molar-refractivity contribution in [2.24, 2.45) is 10.7 Å². The Morgan fingerprint density at radius 2 is 2.07 bits per heavy atom. The predicted octanol–water partition coefficient (Wildman–Crippen LogP) is 1.98. The lowest BCUT2D eigenvalue weighted by Gasteiger charge is -2.23. The fraction of sp³-hybridized carbons (Fsp3) is 0.909. The van der Waals surface area contributed by atoms with Crippen LogP contribution in [0.1, 0.15) is 46.0 Å². The molecular formula is C11H23N3. The second kappa shape index (κ2) is 5.89. The lowest BCUT2D eigenvalue weighted by molar-refractivity contribution is 0.393. The van der Waals surface area contributed by atoms with Gasteiger partial charge in [0.1, 0.15) is 0 Å². The Morgan fingerprint density at radius 1 is 1.36 bits per heavy atom. The van der Waals surface area contributed by atoms with Gasteiger partial charge in [0.05, 0.1) is 0 Å². The van der Waals surface area contributed by atoms with E-state index in [2.05, 4.69) is 23.7 Å². The number of guanidine groups is 1. The monoisotopic (exact) mass is 197 g/mol. The zero-order valence-corrected chi connectivity index (χ0v) is 9.50. The van der Waals surface area contributed by atoms with Crippen LogP contribution in [0.3, 0.4) is 0 Å². The summed E-state index contributed by atoms with van der Waals surface area (Å²) in [4.78, 5) is 6.67. The number of unbranched alkanes of at least 4 members (excludes halogenated alkanes) is 1. The first-order valence-corrected chi connectivity index (χ1v) is 5.86. The molecule has 0 radical (unpaired) electrons. The minimum atomic E-state index is 0.696. The van der Waals surface area contributed by atoms with Crippen LogP contribution >= 0.6 is 0 Å². The van der Waals surface area contributed by atoms with Crippen LogP contribution in [0.5, 0.6) is 0 Å². The van der Waals surface area contributed by atoms with Crippen LogP contribution < -0.4 is 5.73 Å². The summed E-state index contributed by atoms with van der Waals surface area (Å²) < 4.78 is 0. The highest BCUT2D eigenvalue weighted by Gasteiger charge is 2.29. The van der Waals surface area contributed by atoms with E-state index in [4.69, 9.17) is 5.73 Å². The fourth-order valence-corrected chi connectivity index (χ4v) is 1.52. The van der Waals surface area contributed by atoms with Crippen molar-refractivity contribution in [3.63, 3.8) is 0 Å². The molecule has 0 aliphatic heterocycles. The first kappa shape index (κ1) is 11.3. The van der Waals surface area contributed by atoms with Crippen molar-refractivity contribution in [3.05, 3.63) is 0 Å². The van der Waals surface area contributed by atoms with Gasteiger partial charge in [0.15, 0.2) is 5.96 Å². The molecule has 0 saturated heterocycles. The van der Waals surface area contributed by atoms with Crippen LogP contribution in [-0.4, -0.2) is 30.0 Å². The van der Waals surface area contributed by atoms with Gasteiger partial charge in [-0.3, -0.25) is 4.99 Å². The van der Waals surface area contributed by atoms with Crippen LogP contribution in [-0.2, 0) is 0 Å². The van der Waals surface area contributed by atoms with E-state index in [1.54, 1.807) is 0 Å². The second-order valence-electron chi connectivity index (χ2n) is 4.02. The smallest absolute Gasteiger partial charge is 0.191 e. The maximum absolute atomic E-state index is 5.96. The molecule has 1 aliphatic carbocycles. The van der Waals surface area contributed by atoms with Gasteiger partial charge in [0.2, 0.25) is 0 Å². The number of hydrogen-bond donors (Lipinski definition) is 1. The topological polar surface area (TPSA) is 41.6 Å². The fourth-order valence-electron chi connectivity index (χ4n) is 1.52. The van der Waals surface area contributed by atoms with E-state index in [0.717, 1.165) is 25.5 Å². The van der Waals surface area contributed by atoms with Crippen LogP contribution in [0.25, 0.3) is 0 Å². The third-order valence-electron chi connectivity index (χ3n) is 2.53. The van der Waals surface area contributed by atoms with Gasteiger partial charge in [-0.25, -0.2) is 0 Å². The molecule has 0 bridgehead atoms. The Hall–Kier alpha value is -0.730. The van der Waals surface area contributed by atoms with E-state index in [0.29, 0.717) is 6.04 Å². The molecule has 82 valence electrons. The third kappa shape index (κ3) is 3.56. The molecule has 0 unspecified atom stereocenters. The highest BCUT2D eigenvalue weighted by atomic mass is 15.3. The molecule has 0 aromatic rings. The lowest BCUT2D eigenvalue weighted by Crippen LogP contribution is -2.39. The second-order valence-corrected chi connectivity index (χ2v) is 4.02. The molecule has 0 aromatic heterocycles. The highest BCUT2D eigenvalue weighted by molar-refractivity contribution is 5.78. The van der Waals surface area contributed by atoms with Gasteiger partial charge in [-0.1, -0.05) is 20.3 Å². The minimum absolute atomic E-state index is 0.696. The predicted molar refractivity (Wildman–Crippen MR) is 61.4 cm³/mol. The Bertz CT molecular complexity index is 185. The van der Waals surface area contributed by atoms with Crippen LogP contribution in [0.2, 0.25) is 0 Å². The maximum Gasteiger partial charge on any atom is 0.191 e. The normalized spacial score (nSPS) is 17.1. The Kier molecular flexibility index (Phi) is 4.77. The largest absolute Gasteiger partial charge is 0.370 e. The van der Waals surface area contributed by atoms with Crippen LogP contribution in [0.4, 0.5) is 0 Å². The number of nitrogens with zero attached hydrogens (tertiary/aromatic N) is 2. The van der Waals surface area contributed by atoms with Crippen molar-refractivity contribution < 1.29 is 0 Å². The quantitative estimate of drug-likeness (QED) is 0.522. The standard InChI is InChI=1S/C11H23N3/c1-3-5-9-14(10-6-7-10)11(12)13-8-4-2/h10H,3-9H2,1-2H3,(H2,12,13). The van der Waals surface area contributed by atoms with Crippen molar-refractivity contribution in [3.8, 4) is 0 Å². The summed E-state index contributed by atoms with van der Waals surface area (Å²) in [5.41, 5.74) is 5.96. The molecule has 2 N–H and O–H groups in total. The van der Waals surface area contributed by atoms with E-state index in [-0.39, 0.29) is 0 Å². The molecule has 0 atom stereocenters. The zero-order valence-electron chi connectivity index (χ0n) is 9.50. The molecule has 3 nitrogen and oxygen atoms in total. The molecule has 0 heterocycles. The van der Waals surface area contributed by atoms with E-state index < -0.39 is 0 Å². The number of nitrogens with two attached hydrogens (primary N) is 1. The molecule has 0 spiro atoms. The summed E-state index contributed by atoms with van der Waals surface area (Å²) in [7, 11) is 0. The summed E-state index contributed by atoms with van der Waals surface area (Å²) in [6, 6.07) is 0.696. The average molecular weight is 197 g/mol. The summed E-state index contributed by atoms with van der Waals surface area (Å²) >= 11 is 0. The number of rotatable bonds is 6. The molecule has 1 fully saturated rings. The SMILES string of the molecule is CCCCN(C(N)=NCCC)C1CC1. The molecule has 1 saturated carbocycles. The maximum atomic E-state index is 5.96. The van der Waals surface area contributed by atoms with Crippen molar-refractivity contribution >= 4 is 5.96 Å². The summed E-state index contributed by atoms with van der Waals surface area (Å²) in [6.07, 6.45) is 6.12. The molecule has 3 heteroatoms. The molecule has 0 aromatic carbocycles. The Labute approximate surface area is 87.4 Å². The first-order chi connectivity index (χ1) is 6.79. The number of aliphatic imine (C=N–C) groups is 1. The van der Waals surface area contributed by atoms with Crippen molar-refractivity contribution in [1.82, 2.24) is 4.90 Å². The Morgan fingerprint density at radius 3 is 2.57 bits per heavy atom. The van der Waals surface area contributed by atoms with Crippen molar-refractivity contribution in [2.45, 2.75) is 52.0 Å². The van der Waals surface area contributed by atoms with Crippen LogP contribution in [0.15, 0.2) is 4.99 Å². The van der Waals surface area contributed by atoms with E-state index in [9.17, 15) is 0 Å². The highest BCUT2D eigenvalue weighted by Crippen LogP contribution is 2.26. The van der Waals surface area contributed by atoms with E-state index in [1.807, 2.05) is 0 Å². The van der Waals surface area contributed by atoms with Crippen LogP contribution in [0, 0.1) is 0 Å². The van der Waals surface area contributed by atoms with Gasteiger partial charge >= 0.3 is 0 Å². The minimum Gasteiger partial charge on any atom is -0.370 e. The van der Waals surface area contributed by atoms with Gasteiger partial charge in [0, 0.05) is 19.1 Å².